The number of thioether (sulfide) groups is 1. The van der Waals surface area contributed by atoms with Crippen molar-refractivity contribution in [1.82, 2.24) is 15.2 Å². The molecule has 0 saturated carbocycles. The number of hydrogen-bond donors (Lipinski definition) is 1. The first-order valence-corrected chi connectivity index (χ1v) is 13.8. The molecule has 6 heteroatoms. The highest BCUT2D eigenvalue weighted by molar-refractivity contribution is 7.99. The second kappa shape index (κ2) is 10.4. The molecule has 0 aliphatic carbocycles. The SMILES string of the molecule is CCSc1ccc(CNCN2CC(c3ccccc3)C3(C2)Oc2c(C(C)C)ccc(C)c2C3=O)nc1. The average molecular weight is 502 g/mol. The number of carbonyl (C=O) groups is 1. The molecule has 1 aromatic heterocycles. The summed E-state index contributed by atoms with van der Waals surface area (Å²) in [5.41, 5.74) is 4.14. The van der Waals surface area contributed by atoms with E-state index < -0.39 is 5.60 Å². The van der Waals surface area contributed by atoms with E-state index in [1.807, 2.05) is 31.3 Å². The third-order valence-corrected chi connectivity index (χ3v) is 8.19. The molecule has 3 aromatic rings. The second-order valence-electron chi connectivity index (χ2n) is 10.1. The maximum Gasteiger partial charge on any atom is 0.212 e. The summed E-state index contributed by atoms with van der Waals surface area (Å²) in [6, 6.07) is 18.8. The number of Topliss-reactive ketones (excluding diaryl/α,β-unsaturated/α-hetero) is 1. The number of nitrogens with one attached hydrogen (secondary N) is 1. The van der Waals surface area contributed by atoms with Crippen molar-refractivity contribution in [2.75, 3.05) is 25.5 Å². The molecule has 0 bridgehead atoms. The largest absolute Gasteiger partial charge is 0.476 e. The van der Waals surface area contributed by atoms with E-state index in [1.165, 1.54) is 4.90 Å². The number of nitrogens with zero attached hydrogens (tertiary/aromatic N) is 2. The first kappa shape index (κ1) is 25.0. The van der Waals surface area contributed by atoms with E-state index in [4.69, 9.17) is 4.74 Å². The Hall–Kier alpha value is -2.67. The molecule has 188 valence electrons. The van der Waals surface area contributed by atoms with Gasteiger partial charge in [0.25, 0.3) is 0 Å². The Morgan fingerprint density at radius 1 is 1.17 bits per heavy atom. The van der Waals surface area contributed by atoms with Crippen LogP contribution >= 0.6 is 11.8 Å². The van der Waals surface area contributed by atoms with Gasteiger partial charge in [-0.05, 0) is 47.4 Å². The molecule has 1 saturated heterocycles. The number of benzene rings is 2. The van der Waals surface area contributed by atoms with Gasteiger partial charge in [-0.1, -0.05) is 63.2 Å². The minimum atomic E-state index is -0.904. The van der Waals surface area contributed by atoms with E-state index in [0.29, 0.717) is 19.8 Å². The Labute approximate surface area is 218 Å². The lowest BCUT2D eigenvalue weighted by Gasteiger charge is -2.29. The third kappa shape index (κ3) is 4.58. The van der Waals surface area contributed by atoms with Crippen molar-refractivity contribution in [1.29, 1.82) is 0 Å². The van der Waals surface area contributed by atoms with Crippen LogP contribution in [0, 0.1) is 6.92 Å². The summed E-state index contributed by atoms with van der Waals surface area (Å²) in [6.45, 7) is 11.1. The number of hydrogen-bond acceptors (Lipinski definition) is 6. The van der Waals surface area contributed by atoms with Crippen molar-refractivity contribution in [2.45, 2.75) is 56.6 Å². The highest BCUT2D eigenvalue weighted by atomic mass is 32.2. The second-order valence-corrected chi connectivity index (χ2v) is 11.5. The summed E-state index contributed by atoms with van der Waals surface area (Å²) in [5, 5.41) is 3.54. The van der Waals surface area contributed by atoms with Crippen LogP contribution < -0.4 is 10.1 Å². The van der Waals surface area contributed by atoms with Gasteiger partial charge in [0.2, 0.25) is 5.78 Å². The molecule has 5 rings (SSSR count). The predicted octanol–water partition coefficient (Wildman–Crippen LogP) is 5.79. The molecular formula is C30H35N3O2S. The van der Waals surface area contributed by atoms with Gasteiger partial charge in [0.1, 0.15) is 5.75 Å². The third-order valence-electron chi connectivity index (χ3n) is 7.33. The first-order chi connectivity index (χ1) is 17.4. The lowest BCUT2D eigenvalue weighted by atomic mass is 9.80. The van der Waals surface area contributed by atoms with E-state index in [2.05, 4.69) is 72.4 Å². The highest BCUT2D eigenvalue weighted by Gasteiger charge is 2.59. The number of likely N-dealkylation sites (tertiary alicyclic amines) is 1. The molecule has 0 radical (unpaired) electrons. The molecule has 2 aromatic carbocycles. The van der Waals surface area contributed by atoms with Crippen LogP contribution in [0.4, 0.5) is 0 Å². The Kier molecular flexibility index (Phi) is 7.20. The maximum absolute atomic E-state index is 14.1. The van der Waals surface area contributed by atoms with Crippen molar-refractivity contribution < 1.29 is 9.53 Å². The van der Waals surface area contributed by atoms with Gasteiger partial charge in [0.05, 0.1) is 11.3 Å². The molecule has 1 spiro atoms. The van der Waals surface area contributed by atoms with Crippen LogP contribution in [-0.2, 0) is 6.54 Å². The van der Waals surface area contributed by atoms with Gasteiger partial charge < -0.3 is 4.74 Å². The Bertz CT molecular complexity index is 1230. The lowest BCUT2D eigenvalue weighted by Crippen LogP contribution is -2.47. The lowest BCUT2D eigenvalue weighted by molar-refractivity contribution is 0.0531. The number of ether oxygens (including phenoxy) is 1. The quantitative estimate of drug-likeness (QED) is 0.395. The Morgan fingerprint density at radius 3 is 2.67 bits per heavy atom. The van der Waals surface area contributed by atoms with Crippen molar-refractivity contribution in [2.24, 2.45) is 0 Å². The van der Waals surface area contributed by atoms with Gasteiger partial charge in [0, 0.05) is 43.3 Å². The molecule has 36 heavy (non-hydrogen) atoms. The fourth-order valence-electron chi connectivity index (χ4n) is 5.52. The number of carbonyl (C=O) groups excluding carboxylic acids is 1. The van der Waals surface area contributed by atoms with Crippen molar-refractivity contribution >= 4 is 17.5 Å². The molecule has 5 nitrogen and oxygen atoms in total. The molecule has 2 unspecified atom stereocenters. The normalized spacial score (nSPS) is 21.4. The molecular weight excluding hydrogens is 466 g/mol. The molecule has 2 aliphatic rings. The molecule has 2 aliphatic heterocycles. The zero-order valence-electron chi connectivity index (χ0n) is 21.6. The van der Waals surface area contributed by atoms with Crippen LogP contribution in [0.5, 0.6) is 5.75 Å². The summed E-state index contributed by atoms with van der Waals surface area (Å²) in [7, 11) is 0. The average Bonchev–Trinajstić information content (AvgIpc) is 3.39. The zero-order valence-corrected chi connectivity index (χ0v) is 22.4. The number of pyridine rings is 1. The van der Waals surface area contributed by atoms with Crippen LogP contribution in [0.1, 0.15) is 65.3 Å². The predicted molar refractivity (Wildman–Crippen MR) is 146 cm³/mol. The van der Waals surface area contributed by atoms with Gasteiger partial charge in [-0.3, -0.25) is 20.0 Å². The van der Waals surface area contributed by atoms with Gasteiger partial charge in [-0.2, -0.15) is 0 Å². The van der Waals surface area contributed by atoms with Crippen molar-refractivity contribution in [3.63, 3.8) is 0 Å². The van der Waals surface area contributed by atoms with Crippen LogP contribution in [0.2, 0.25) is 0 Å². The monoisotopic (exact) mass is 501 g/mol. The highest BCUT2D eigenvalue weighted by Crippen LogP contribution is 2.50. The molecule has 1 fully saturated rings. The first-order valence-electron chi connectivity index (χ1n) is 12.9. The van der Waals surface area contributed by atoms with Crippen LogP contribution in [0.3, 0.4) is 0 Å². The summed E-state index contributed by atoms with van der Waals surface area (Å²) < 4.78 is 6.81. The summed E-state index contributed by atoms with van der Waals surface area (Å²) >= 11 is 1.80. The molecule has 1 N–H and O–H groups in total. The smallest absolute Gasteiger partial charge is 0.212 e. The summed E-state index contributed by atoms with van der Waals surface area (Å²) in [6.07, 6.45) is 1.94. The van der Waals surface area contributed by atoms with E-state index in [1.54, 1.807) is 11.8 Å². The van der Waals surface area contributed by atoms with Crippen LogP contribution in [-0.4, -0.2) is 46.8 Å². The number of rotatable bonds is 8. The topological polar surface area (TPSA) is 54.5 Å². The van der Waals surface area contributed by atoms with E-state index in [9.17, 15) is 4.79 Å². The molecule has 3 heterocycles. The van der Waals surface area contributed by atoms with Crippen molar-refractivity contribution in [3.8, 4) is 5.75 Å². The zero-order chi connectivity index (χ0) is 25.3. The minimum absolute atomic E-state index is 0.0386. The fourth-order valence-corrected chi connectivity index (χ4v) is 6.15. The maximum atomic E-state index is 14.1. The van der Waals surface area contributed by atoms with Gasteiger partial charge in [-0.15, -0.1) is 11.8 Å². The minimum Gasteiger partial charge on any atom is -0.476 e. The van der Waals surface area contributed by atoms with Crippen LogP contribution in [0.25, 0.3) is 0 Å². The summed E-state index contributed by atoms with van der Waals surface area (Å²) in [5.74, 6) is 2.20. The summed E-state index contributed by atoms with van der Waals surface area (Å²) in [4.78, 5) is 22.2. The van der Waals surface area contributed by atoms with E-state index >= 15 is 0 Å². The Morgan fingerprint density at radius 2 is 1.97 bits per heavy atom. The number of aromatic nitrogens is 1. The van der Waals surface area contributed by atoms with Crippen molar-refractivity contribution in [3.05, 3.63) is 88.7 Å². The number of aryl methyl sites for hydroxylation is 1. The molecule has 2 atom stereocenters. The van der Waals surface area contributed by atoms with Gasteiger partial charge >= 0.3 is 0 Å². The fraction of sp³-hybridized carbons (Fsp3) is 0.400. The molecule has 0 amide bonds. The van der Waals surface area contributed by atoms with E-state index in [-0.39, 0.29) is 17.6 Å². The number of fused-ring (bicyclic) bond motifs is 1. The van der Waals surface area contributed by atoms with Gasteiger partial charge in [0.15, 0.2) is 5.60 Å². The van der Waals surface area contributed by atoms with Gasteiger partial charge in [-0.25, -0.2) is 0 Å². The standard InChI is InChI=1S/C30H35N3O2S/c1-5-36-24-13-12-23(32-16-24)15-31-19-33-17-26(22-9-7-6-8-10-22)30(18-33)29(34)27-21(4)11-14-25(20(2)3)28(27)35-30/h6-14,16,20,26,31H,5,15,17-19H2,1-4H3. The van der Waals surface area contributed by atoms with Crippen LogP contribution in [0.15, 0.2) is 65.7 Å². The Balaban J connectivity index is 1.38. The number of ketones is 1. The van der Waals surface area contributed by atoms with E-state index in [0.717, 1.165) is 46.0 Å².